The minimum absolute atomic E-state index is 0.121. The number of Topliss-reactive ketones (excluding diaryl/α,β-unsaturated/α-hetero) is 1. The normalized spacial score (nSPS) is 17.6. The summed E-state index contributed by atoms with van der Waals surface area (Å²) in [6.07, 6.45) is 0. The van der Waals surface area contributed by atoms with Gasteiger partial charge in [0.05, 0.1) is 21.8 Å². The maximum Gasteiger partial charge on any atom is 0.301 e. The molecule has 1 saturated heterocycles. The van der Waals surface area contributed by atoms with E-state index in [9.17, 15) is 23.5 Å². The topological polar surface area (TPSA) is 70.5 Å². The average Bonchev–Trinajstić information content (AvgIpc) is 3.37. The molecule has 0 bridgehead atoms. The number of rotatable bonds is 4. The molecule has 2 heterocycles. The number of fused-ring (bicyclic) bond motifs is 1. The van der Waals surface area contributed by atoms with Gasteiger partial charge in [0.1, 0.15) is 17.4 Å². The van der Waals surface area contributed by atoms with Crippen LogP contribution in [-0.4, -0.2) is 21.8 Å². The fourth-order valence-electron chi connectivity index (χ4n) is 4.16. The molecule has 0 saturated carbocycles. The van der Waals surface area contributed by atoms with Crippen molar-refractivity contribution in [3.8, 4) is 0 Å². The molecule has 1 unspecified atom stereocenters. The zero-order chi connectivity index (χ0) is 24.9. The van der Waals surface area contributed by atoms with Crippen LogP contribution in [0.3, 0.4) is 0 Å². The fourth-order valence-corrected chi connectivity index (χ4v) is 5.18. The highest BCUT2D eigenvalue weighted by Crippen LogP contribution is 2.44. The summed E-state index contributed by atoms with van der Waals surface area (Å²) in [6.45, 7) is 4.10. The number of amides is 1. The summed E-state index contributed by atoms with van der Waals surface area (Å²) in [5, 5.41) is 11.3. The van der Waals surface area contributed by atoms with Gasteiger partial charge in [-0.05, 0) is 59.5 Å². The molecule has 35 heavy (non-hydrogen) atoms. The van der Waals surface area contributed by atoms with Crippen molar-refractivity contribution in [3.63, 3.8) is 0 Å². The lowest BCUT2D eigenvalue weighted by Crippen LogP contribution is -2.29. The molecule has 0 radical (unpaired) electrons. The van der Waals surface area contributed by atoms with Crippen molar-refractivity contribution in [2.45, 2.75) is 25.8 Å². The first-order valence-electron chi connectivity index (χ1n) is 11.0. The minimum Gasteiger partial charge on any atom is -0.507 e. The molecule has 1 N–H and O–H groups in total. The Morgan fingerprint density at radius 3 is 2.29 bits per heavy atom. The smallest absolute Gasteiger partial charge is 0.301 e. The van der Waals surface area contributed by atoms with E-state index in [1.54, 1.807) is 0 Å². The van der Waals surface area contributed by atoms with Crippen LogP contribution in [0.5, 0.6) is 0 Å². The quantitative estimate of drug-likeness (QED) is 0.206. The number of aromatic nitrogens is 1. The van der Waals surface area contributed by atoms with Gasteiger partial charge in [-0.3, -0.25) is 14.5 Å². The Balaban J connectivity index is 1.71. The third kappa shape index (κ3) is 4.00. The number of hydrogen-bond donors (Lipinski definition) is 1. The maximum absolute atomic E-state index is 13.8. The third-order valence-corrected chi connectivity index (χ3v) is 7.04. The molecule has 1 fully saturated rings. The van der Waals surface area contributed by atoms with Gasteiger partial charge in [-0.25, -0.2) is 13.8 Å². The van der Waals surface area contributed by atoms with E-state index >= 15 is 0 Å². The number of aliphatic hydroxyl groups excluding tert-OH is 1. The second-order valence-electron chi connectivity index (χ2n) is 8.61. The lowest BCUT2D eigenvalue weighted by Gasteiger charge is -2.23. The SMILES string of the molecule is CC(C)c1ccc(C2C(=C(O)c3ccc(F)cc3)C(=O)C(=O)N2c2nc3ccc(F)cc3s2)cc1. The van der Waals surface area contributed by atoms with Gasteiger partial charge in [-0.1, -0.05) is 49.4 Å². The molecule has 1 atom stereocenters. The predicted octanol–water partition coefficient (Wildman–Crippen LogP) is 6.32. The number of anilines is 1. The van der Waals surface area contributed by atoms with Crippen LogP contribution in [0.2, 0.25) is 0 Å². The van der Waals surface area contributed by atoms with Crippen molar-refractivity contribution in [2.75, 3.05) is 4.90 Å². The number of hydrogen-bond acceptors (Lipinski definition) is 5. The van der Waals surface area contributed by atoms with Crippen LogP contribution >= 0.6 is 11.3 Å². The number of carbonyl (C=O) groups excluding carboxylic acids is 2. The average molecular weight is 491 g/mol. The number of nitrogens with zero attached hydrogens (tertiary/aromatic N) is 2. The molecule has 1 amide bonds. The molecular formula is C27H20F2N2O3S. The molecule has 4 aromatic rings. The highest BCUT2D eigenvalue weighted by atomic mass is 32.1. The van der Waals surface area contributed by atoms with E-state index in [-0.39, 0.29) is 22.2 Å². The Hall–Kier alpha value is -3.91. The van der Waals surface area contributed by atoms with Gasteiger partial charge in [-0.2, -0.15) is 0 Å². The standard InChI is InChI=1S/C27H20F2N2O3S/c1-14(2)15-3-5-16(6-4-15)23-22(24(32)17-7-9-18(28)10-8-17)25(33)26(34)31(23)27-30-20-12-11-19(29)13-21(20)35-27/h3-14,23,32H,1-2H3. The molecule has 1 aliphatic heterocycles. The summed E-state index contributed by atoms with van der Waals surface area (Å²) >= 11 is 1.08. The van der Waals surface area contributed by atoms with Crippen molar-refractivity contribution in [3.05, 3.63) is 101 Å². The van der Waals surface area contributed by atoms with Gasteiger partial charge in [0.25, 0.3) is 5.78 Å². The van der Waals surface area contributed by atoms with Crippen LogP contribution in [0.4, 0.5) is 13.9 Å². The van der Waals surface area contributed by atoms with Crippen LogP contribution in [0.15, 0.2) is 72.3 Å². The minimum atomic E-state index is -0.966. The number of aliphatic hydroxyl groups is 1. The predicted molar refractivity (Wildman–Crippen MR) is 131 cm³/mol. The summed E-state index contributed by atoms with van der Waals surface area (Å²) in [6, 6.07) is 15.6. The number of carbonyl (C=O) groups is 2. The lowest BCUT2D eigenvalue weighted by molar-refractivity contribution is -0.132. The van der Waals surface area contributed by atoms with E-state index in [0.29, 0.717) is 15.8 Å². The van der Waals surface area contributed by atoms with Crippen molar-refractivity contribution >= 4 is 44.1 Å². The van der Waals surface area contributed by atoms with Gasteiger partial charge in [0.2, 0.25) is 0 Å². The molecule has 8 heteroatoms. The van der Waals surface area contributed by atoms with Gasteiger partial charge >= 0.3 is 5.91 Å². The summed E-state index contributed by atoms with van der Waals surface area (Å²) in [5.74, 6) is -2.80. The Kier molecular flexibility index (Phi) is 5.68. The molecule has 0 spiro atoms. The highest BCUT2D eigenvalue weighted by molar-refractivity contribution is 7.22. The zero-order valence-corrected chi connectivity index (χ0v) is 19.6. The van der Waals surface area contributed by atoms with Gasteiger partial charge in [0, 0.05) is 5.56 Å². The van der Waals surface area contributed by atoms with Gasteiger partial charge in [-0.15, -0.1) is 0 Å². The summed E-state index contributed by atoms with van der Waals surface area (Å²) in [7, 11) is 0. The van der Waals surface area contributed by atoms with Crippen LogP contribution < -0.4 is 4.90 Å². The van der Waals surface area contributed by atoms with Crippen LogP contribution in [-0.2, 0) is 9.59 Å². The molecule has 5 rings (SSSR count). The molecular weight excluding hydrogens is 470 g/mol. The summed E-state index contributed by atoms with van der Waals surface area (Å²) < 4.78 is 27.8. The zero-order valence-electron chi connectivity index (χ0n) is 18.8. The van der Waals surface area contributed by atoms with Crippen molar-refractivity contribution in [2.24, 2.45) is 0 Å². The Labute approximate surface area is 204 Å². The Morgan fingerprint density at radius 2 is 1.63 bits per heavy atom. The fraction of sp³-hybridized carbons (Fsp3) is 0.148. The van der Waals surface area contributed by atoms with E-state index in [2.05, 4.69) is 18.8 Å². The molecule has 5 nitrogen and oxygen atoms in total. The second kappa shape index (κ2) is 8.70. The second-order valence-corrected chi connectivity index (χ2v) is 9.61. The van der Waals surface area contributed by atoms with Gasteiger partial charge in [0.15, 0.2) is 5.13 Å². The molecule has 0 aliphatic carbocycles. The largest absolute Gasteiger partial charge is 0.507 e. The highest BCUT2D eigenvalue weighted by Gasteiger charge is 2.48. The van der Waals surface area contributed by atoms with Crippen molar-refractivity contribution in [1.82, 2.24) is 4.98 Å². The van der Waals surface area contributed by atoms with E-state index in [4.69, 9.17) is 0 Å². The van der Waals surface area contributed by atoms with Crippen molar-refractivity contribution in [1.29, 1.82) is 0 Å². The van der Waals surface area contributed by atoms with E-state index in [1.807, 2.05) is 24.3 Å². The molecule has 1 aliphatic rings. The van der Waals surface area contributed by atoms with E-state index < -0.39 is 35.1 Å². The summed E-state index contributed by atoms with van der Waals surface area (Å²) in [4.78, 5) is 32.2. The first kappa shape index (κ1) is 22.9. The lowest BCUT2D eigenvalue weighted by atomic mass is 9.93. The Bertz CT molecular complexity index is 1490. The van der Waals surface area contributed by atoms with Crippen LogP contribution in [0.1, 0.15) is 42.5 Å². The molecule has 1 aromatic heterocycles. The van der Waals surface area contributed by atoms with Gasteiger partial charge < -0.3 is 5.11 Å². The van der Waals surface area contributed by atoms with Crippen LogP contribution in [0, 0.1) is 11.6 Å². The van der Waals surface area contributed by atoms with Crippen molar-refractivity contribution < 1.29 is 23.5 Å². The number of benzene rings is 3. The summed E-state index contributed by atoms with van der Waals surface area (Å²) in [5.41, 5.74) is 2.24. The van der Waals surface area contributed by atoms with E-state index in [1.165, 1.54) is 47.4 Å². The Morgan fingerprint density at radius 1 is 0.971 bits per heavy atom. The number of thiazole rings is 1. The number of ketones is 1. The number of halogens is 2. The third-order valence-electron chi connectivity index (χ3n) is 6.03. The molecule has 3 aromatic carbocycles. The first-order valence-corrected chi connectivity index (χ1v) is 11.8. The molecule has 176 valence electrons. The van der Waals surface area contributed by atoms with E-state index in [0.717, 1.165) is 16.9 Å². The monoisotopic (exact) mass is 490 g/mol. The van der Waals surface area contributed by atoms with Crippen LogP contribution in [0.25, 0.3) is 16.0 Å². The maximum atomic E-state index is 13.8. The first-order chi connectivity index (χ1) is 16.7.